The van der Waals surface area contributed by atoms with Gasteiger partial charge in [-0.25, -0.2) is 0 Å². The number of hydrogen-bond donors (Lipinski definition) is 5. The maximum Gasteiger partial charge on any atom is 0.243 e. The van der Waals surface area contributed by atoms with Gasteiger partial charge in [-0.3, -0.25) is 43.3 Å². The van der Waals surface area contributed by atoms with Crippen LogP contribution in [0.1, 0.15) is 85.1 Å². The van der Waals surface area contributed by atoms with Crippen LogP contribution in [-0.4, -0.2) is 97.6 Å². The molecule has 1 aromatic carbocycles. The average Bonchev–Trinajstić information content (AvgIpc) is 3.84. The normalized spacial score (nSPS) is 16.9. The number of rotatable bonds is 22. The fourth-order valence-corrected chi connectivity index (χ4v) is 6.10. The van der Waals surface area contributed by atoms with Crippen molar-refractivity contribution >= 4 is 47.1 Å². The summed E-state index contributed by atoms with van der Waals surface area (Å²) in [7, 11) is 0. The maximum atomic E-state index is 13.0. The summed E-state index contributed by atoms with van der Waals surface area (Å²) < 4.78 is 5.52. The largest absolute Gasteiger partial charge is 0.360 e. The van der Waals surface area contributed by atoms with E-state index in [-0.39, 0.29) is 86.4 Å². The van der Waals surface area contributed by atoms with Crippen LogP contribution >= 0.6 is 0 Å². The standard InChI is InChI=1S/C38H56N6O9/c1-25(2)34(50)38(15-16-38)23-53-24-42-31(47)21-41-35(51)28(18-26-12-8-6-9-13-26)43-32(48)22-40-30(46)20-39-29(45)14-10-7-11-17-44-33(49)19-27(36(44)52)37(3,4)5/h6,8-9,12-13,25,27-28H,7,10-11,14-24H2,1-5H3,(H,39,45)(H,40,46)(H,41,51)(H,42,47)(H,43,48)/t27?,28-/m0/s1. The minimum atomic E-state index is -1.05. The lowest BCUT2D eigenvalue weighted by molar-refractivity contribution is -0.140. The molecule has 1 aliphatic heterocycles. The zero-order valence-electron chi connectivity index (χ0n) is 31.6. The quantitative estimate of drug-likeness (QED) is 0.0655. The summed E-state index contributed by atoms with van der Waals surface area (Å²) in [6.07, 6.45) is 3.74. The Morgan fingerprint density at radius 2 is 1.45 bits per heavy atom. The van der Waals surface area contributed by atoms with Gasteiger partial charge in [0, 0.05) is 31.7 Å². The number of imide groups is 1. The third-order valence-electron chi connectivity index (χ3n) is 9.48. The van der Waals surface area contributed by atoms with Gasteiger partial charge in [0.25, 0.3) is 0 Å². The van der Waals surface area contributed by atoms with Gasteiger partial charge in [-0.15, -0.1) is 0 Å². The molecule has 0 radical (unpaired) electrons. The molecule has 15 nitrogen and oxygen atoms in total. The lowest BCUT2D eigenvalue weighted by Gasteiger charge is -2.24. The van der Waals surface area contributed by atoms with Crippen LogP contribution in [0.4, 0.5) is 0 Å². The van der Waals surface area contributed by atoms with Gasteiger partial charge in [0.2, 0.25) is 41.4 Å². The number of likely N-dealkylation sites (tertiary alicyclic amines) is 1. The molecular weight excluding hydrogens is 684 g/mol. The summed E-state index contributed by atoms with van der Waals surface area (Å²) in [6, 6.07) is 7.91. The van der Waals surface area contributed by atoms with Crippen LogP contribution in [0.25, 0.3) is 0 Å². The van der Waals surface area contributed by atoms with Crippen LogP contribution in [-0.2, 0) is 49.5 Å². The van der Waals surface area contributed by atoms with E-state index in [0.29, 0.717) is 25.8 Å². The van der Waals surface area contributed by atoms with Crippen molar-refractivity contribution in [3.63, 3.8) is 0 Å². The van der Waals surface area contributed by atoms with Crippen LogP contribution in [0.15, 0.2) is 30.3 Å². The lowest BCUT2D eigenvalue weighted by atomic mass is 9.80. The van der Waals surface area contributed by atoms with E-state index in [1.807, 2.05) is 40.7 Å². The molecule has 2 atom stereocenters. The minimum Gasteiger partial charge on any atom is -0.360 e. The third kappa shape index (κ3) is 14.0. The van der Waals surface area contributed by atoms with Gasteiger partial charge in [-0.05, 0) is 36.7 Å². The van der Waals surface area contributed by atoms with Gasteiger partial charge in [0.1, 0.15) is 18.6 Å². The summed E-state index contributed by atoms with van der Waals surface area (Å²) in [4.78, 5) is 101. The molecule has 1 aliphatic carbocycles. The van der Waals surface area contributed by atoms with E-state index in [2.05, 4.69) is 26.6 Å². The van der Waals surface area contributed by atoms with Gasteiger partial charge in [-0.2, -0.15) is 0 Å². The Bertz CT molecular complexity index is 1490. The highest BCUT2D eigenvalue weighted by Crippen LogP contribution is 2.48. The van der Waals surface area contributed by atoms with E-state index >= 15 is 0 Å². The number of carbonyl (C=O) groups excluding carboxylic acids is 8. The van der Waals surface area contributed by atoms with Crippen molar-refractivity contribution in [3.8, 4) is 0 Å². The number of hydrogen-bond acceptors (Lipinski definition) is 9. The predicted molar refractivity (Wildman–Crippen MR) is 194 cm³/mol. The fourth-order valence-electron chi connectivity index (χ4n) is 6.10. The molecule has 15 heteroatoms. The zero-order chi connectivity index (χ0) is 39.2. The molecular formula is C38H56N6O9. The number of amides is 7. The van der Waals surface area contributed by atoms with Crippen LogP contribution in [0.3, 0.4) is 0 Å². The summed E-state index contributed by atoms with van der Waals surface area (Å²) >= 11 is 0. The highest BCUT2D eigenvalue weighted by atomic mass is 16.5. The number of carbonyl (C=O) groups is 8. The average molecular weight is 741 g/mol. The zero-order valence-corrected chi connectivity index (χ0v) is 31.6. The second kappa shape index (κ2) is 20.0. The summed E-state index contributed by atoms with van der Waals surface area (Å²) in [6.45, 7) is 8.78. The van der Waals surface area contributed by atoms with E-state index in [4.69, 9.17) is 4.74 Å². The fraction of sp³-hybridized carbons (Fsp3) is 0.632. The highest BCUT2D eigenvalue weighted by molar-refractivity contribution is 6.03. The maximum absolute atomic E-state index is 13.0. The summed E-state index contributed by atoms with van der Waals surface area (Å²) in [5.41, 5.74) is 0.00509. The van der Waals surface area contributed by atoms with Crippen molar-refractivity contribution < 1.29 is 43.1 Å². The van der Waals surface area contributed by atoms with E-state index < -0.39 is 41.6 Å². The molecule has 292 valence electrons. The van der Waals surface area contributed by atoms with E-state index in [0.717, 1.165) is 18.4 Å². The van der Waals surface area contributed by atoms with Crippen molar-refractivity contribution in [2.75, 3.05) is 39.5 Å². The molecule has 7 amide bonds. The van der Waals surface area contributed by atoms with Gasteiger partial charge < -0.3 is 31.3 Å². The molecule has 2 fully saturated rings. The first-order chi connectivity index (χ1) is 25.0. The second-order valence-corrected chi connectivity index (χ2v) is 15.3. The number of ether oxygens (including phenoxy) is 1. The number of ketones is 1. The SMILES string of the molecule is CC(C)C(=O)C1(COCNC(=O)CNC(=O)[C@H](Cc2ccccc2)NC(=O)CNC(=O)CNC(=O)CCCCCN2C(=O)CC(C(C)(C)C)C2=O)CC1. The molecule has 5 N–H and O–H groups in total. The number of benzene rings is 1. The van der Waals surface area contributed by atoms with Crippen LogP contribution in [0, 0.1) is 22.7 Å². The first kappa shape index (κ1) is 42.8. The van der Waals surface area contributed by atoms with Crippen LogP contribution < -0.4 is 26.6 Å². The number of Topliss-reactive ketones (excluding diaryl/α,β-unsaturated/α-hetero) is 1. The Morgan fingerprint density at radius 1 is 0.830 bits per heavy atom. The molecule has 3 rings (SSSR count). The van der Waals surface area contributed by atoms with Crippen molar-refractivity contribution in [1.82, 2.24) is 31.5 Å². The molecule has 0 aromatic heterocycles. The number of unbranched alkanes of at least 4 members (excludes halogenated alkanes) is 2. The number of nitrogens with one attached hydrogen (secondary N) is 5. The molecule has 0 bridgehead atoms. The van der Waals surface area contributed by atoms with Gasteiger partial charge >= 0.3 is 0 Å². The first-order valence-electron chi connectivity index (χ1n) is 18.4. The third-order valence-corrected chi connectivity index (χ3v) is 9.48. The molecule has 0 spiro atoms. The monoisotopic (exact) mass is 740 g/mol. The smallest absolute Gasteiger partial charge is 0.243 e. The van der Waals surface area contributed by atoms with Crippen molar-refractivity contribution in [2.45, 2.75) is 92.0 Å². The molecule has 2 aliphatic rings. The van der Waals surface area contributed by atoms with Crippen molar-refractivity contribution in [1.29, 1.82) is 0 Å². The van der Waals surface area contributed by atoms with Gasteiger partial charge in [-0.1, -0.05) is 71.4 Å². The molecule has 1 unspecified atom stereocenters. The van der Waals surface area contributed by atoms with E-state index in [1.54, 1.807) is 24.3 Å². The molecule has 1 heterocycles. The first-order valence-corrected chi connectivity index (χ1v) is 18.4. The predicted octanol–water partition coefficient (Wildman–Crippen LogP) is 1.14. The summed E-state index contributed by atoms with van der Waals surface area (Å²) in [5.74, 6) is -3.29. The lowest BCUT2D eigenvalue weighted by Crippen LogP contribution is -2.52. The molecule has 53 heavy (non-hydrogen) atoms. The Labute approximate surface area is 311 Å². The Kier molecular flexibility index (Phi) is 16.1. The number of nitrogens with zero attached hydrogens (tertiary/aromatic N) is 1. The second-order valence-electron chi connectivity index (χ2n) is 15.3. The topological polar surface area (TPSA) is 209 Å². The minimum absolute atomic E-state index is 0.0926. The van der Waals surface area contributed by atoms with Crippen LogP contribution in [0.2, 0.25) is 0 Å². The van der Waals surface area contributed by atoms with E-state index in [1.165, 1.54) is 4.90 Å². The van der Waals surface area contributed by atoms with Gasteiger partial charge in [0.15, 0.2) is 0 Å². The summed E-state index contributed by atoms with van der Waals surface area (Å²) in [5, 5.41) is 12.6. The van der Waals surface area contributed by atoms with Crippen LogP contribution in [0.5, 0.6) is 0 Å². The van der Waals surface area contributed by atoms with Gasteiger partial charge in [0.05, 0.1) is 37.6 Å². The molecule has 1 saturated heterocycles. The Hall–Kier alpha value is -4.66. The highest BCUT2D eigenvalue weighted by Gasteiger charge is 2.50. The molecule has 1 saturated carbocycles. The molecule has 1 aromatic rings. The Morgan fingerprint density at radius 3 is 2.08 bits per heavy atom. The van der Waals surface area contributed by atoms with E-state index in [9.17, 15) is 38.4 Å². The van der Waals surface area contributed by atoms with Crippen molar-refractivity contribution in [3.05, 3.63) is 35.9 Å². The Balaban J connectivity index is 1.33. The van der Waals surface area contributed by atoms with Crippen molar-refractivity contribution in [2.24, 2.45) is 22.7 Å².